The SMILES string of the molecule is CCC(C)O[S-](=S)=S. The topological polar surface area (TPSA) is 9.23 Å². The second-order valence-corrected chi connectivity index (χ2v) is 4.57. The summed E-state index contributed by atoms with van der Waals surface area (Å²) in [6, 6.07) is 0. The van der Waals surface area contributed by atoms with Crippen LogP contribution in [0.2, 0.25) is 0 Å². The zero-order chi connectivity index (χ0) is 6.57. The van der Waals surface area contributed by atoms with Gasteiger partial charge in [-0.1, -0.05) is 6.92 Å². The minimum absolute atomic E-state index is 0.230. The van der Waals surface area contributed by atoms with E-state index in [1.54, 1.807) is 0 Å². The van der Waals surface area contributed by atoms with Crippen molar-refractivity contribution in [3.63, 3.8) is 0 Å². The van der Waals surface area contributed by atoms with Crippen molar-refractivity contribution >= 4 is 30.7 Å². The molecule has 0 N–H and O–H groups in total. The zero-order valence-corrected chi connectivity index (χ0v) is 7.37. The Morgan fingerprint density at radius 1 is 1.62 bits per heavy atom. The molecule has 0 aromatic rings. The summed E-state index contributed by atoms with van der Waals surface area (Å²) >= 11 is 9.28. The highest BCUT2D eigenvalue weighted by atomic mass is 33.1. The molecule has 0 aliphatic carbocycles. The fraction of sp³-hybridized carbons (Fsp3) is 1.00. The lowest BCUT2D eigenvalue weighted by Gasteiger charge is -2.13. The molecule has 0 amide bonds. The fourth-order valence-electron chi connectivity index (χ4n) is 0.202. The molecule has 1 nitrogen and oxygen atoms in total. The number of hydrogen-bond donors (Lipinski definition) is 0. The van der Waals surface area contributed by atoms with E-state index in [1.807, 2.05) is 13.8 Å². The molecule has 0 aliphatic heterocycles. The number of hydrogen-bond acceptors (Lipinski definition) is 4. The standard InChI is InChI=1S/C4H9OS3/c1-3-4(2)5-8(6)7/h4H,3H2,1-2H3/q-1. The van der Waals surface area contributed by atoms with E-state index in [1.165, 1.54) is 0 Å². The highest BCUT2D eigenvalue weighted by molar-refractivity contribution is 8.44. The van der Waals surface area contributed by atoms with Crippen LogP contribution in [0.25, 0.3) is 0 Å². The third-order valence-corrected chi connectivity index (χ3v) is 1.77. The van der Waals surface area contributed by atoms with E-state index in [0.717, 1.165) is 6.42 Å². The summed E-state index contributed by atoms with van der Waals surface area (Å²) in [4.78, 5) is 0. The van der Waals surface area contributed by atoms with E-state index >= 15 is 0 Å². The van der Waals surface area contributed by atoms with Crippen molar-refractivity contribution in [1.29, 1.82) is 0 Å². The molecule has 4 heteroatoms. The van der Waals surface area contributed by atoms with Crippen molar-refractivity contribution in [3.05, 3.63) is 0 Å². The van der Waals surface area contributed by atoms with Crippen molar-refractivity contribution in [2.45, 2.75) is 26.4 Å². The van der Waals surface area contributed by atoms with Gasteiger partial charge in [-0.25, -0.2) is 30.7 Å². The van der Waals surface area contributed by atoms with Crippen molar-refractivity contribution in [2.24, 2.45) is 0 Å². The molecule has 0 fully saturated rings. The molecule has 0 saturated carbocycles. The average Bonchev–Trinajstić information content (AvgIpc) is 1.65. The lowest BCUT2D eigenvalue weighted by atomic mass is 10.3. The van der Waals surface area contributed by atoms with Gasteiger partial charge in [0, 0.05) is 6.10 Å². The normalized spacial score (nSPS) is 14.4. The first-order chi connectivity index (χ1) is 3.66. The predicted molar refractivity (Wildman–Crippen MR) is 42.9 cm³/mol. The van der Waals surface area contributed by atoms with Crippen LogP contribution in [-0.2, 0) is 34.9 Å². The lowest BCUT2D eigenvalue weighted by molar-refractivity contribution is 0.261. The minimum atomic E-state index is -0.679. The Kier molecular flexibility index (Phi) is 5.04. The van der Waals surface area contributed by atoms with Crippen LogP contribution in [0.3, 0.4) is 0 Å². The molecule has 0 saturated heterocycles. The van der Waals surface area contributed by atoms with Gasteiger partial charge in [0.1, 0.15) is 0 Å². The molecule has 0 radical (unpaired) electrons. The zero-order valence-electron chi connectivity index (χ0n) is 4.92. The molecule has 0 aliphatic rings. The van der Waals surface area contributed by atoms with Crippen LogP contribution in [0.5, 0.6) is 0 Å². The number of rotatable bonds is 3. The molecule has 0 aromatic carbocycles. The van der Waals surface area contributed by atoms with Gasteiger partial charge in [0.25, 0.3) is 0 Å². The van der Waals surface area contributed by atoms with Gasteiger partial charge in [-0.3, -0.25) is 0 Å². The first kappa shape index (κ1) is 8.75. The van der Waals surface area contributed by atoms with E-state index < -0.39 is 8.29 Å². The summed E-state index contributed by atoms with van der Waals surface area (Å²) in [6.07, 6.45) is 1.21. The highest BCUT2D eigenvalue weighted by Crippen LogP contribution is 1.94. The van der Waals surface area contributed by atoms with E-state index in [4.69, 9.17) is 4.18 Å². The van der Waals surface area contributed by atoms with Crippen molar-refractivity contribution in [3.8, 4) is 0 Å². The van der Waals surface area contributed by atoms with Crippen molar-refractivity contribution in [2.75, 3.05) is 0 Å². The van der Waals surface area contributed by atoms with Gasteiger partial charge in [-0.05, 0) is 13.3 Å². The van der Waals surface area contributed by atoms with Gasteiger partial charge in [0.05, 0.1) is 0 Å². The first-order valence-electron chi connectivity index (χ1n) is 2.43. The minimum Gasteiger partial charge on any atom is -0.464 e. The smallest absolute Gasteiger partial charge is 0.0317 e. The maximum Gasteiger partial charge on any atom is 0.0317 e. The van der Waals surface area contributed by atoms with Crippen molar-refractivity contribution < 1.29 is 4.18 Å². The summed E-state index contributed by atoms with van der Waals surface area (Å²) in [7, 11) is -0.679. The Labute approximate surface area is 61.5 Å². The predicted octanol–water partition coefficient (Wildman–Crippen LogP) is 1.26. The summed E-state index contributed by atoms with van der Waals surface area (Å²) in [5.41, 5.74) is 0. The van der Waals surface area contributed by atoms with Crippen LogP contribution in [0.15, 0.2) is 0 Å². The first-order valence-corrected chi connectivity index (χ1v) is 5.43. The Morgan fingerprint density at radius 2 is 2.12 bits per heavy atom. The second-order valence-electron chi connectivity index (χ2n) is 1.52. The molecule has 0 heterocycles. The highest BCUT2D eigenvalue weighted by Gasteiger charge is 1.87. The van der Waals surface area contributed by atoms with E-state index in [0.29, 0.717) is 0 Å². The largest absolute Gasteiger partial charge is 0.464 e. The Balaban J connectivity index is 3.39. The van der Waals surface area contributed by atoms with E-state index in [-0.39, 0.29) is 6.10 Å². The Morgan fingerprint density at radius 3 is 2.25 bits per heavy atom. The Bertz CT molecular complexity index is 110. The molecule has 8 heavy (non-hydrogen) atoms. The van der Waals surface area contributed by atoms with E-state index in [2.05, 4.69) is 22.4 Å². The average molecular weight is 169 g/mol. The summed E-state index contributed by atoms with van der Waals surface area (Å²) in [5.74, 6) is 0. The molecule has 0 rings (SSSR count). The Hall–Kier alpha value is 0.750. The fourth-order valence-corrected chi connectivity index (χ4v) is 1.41. The van der Waals surface area contributed by atoms with Gasteiger partial charge >= 0.3 is 0 Å². The molecular formula is C4H9OS3-. The van der Waals surface area contributed by atoms with E-state index in [9.17, 15) is 0 Å². The molecular weight excluding hydrogens is 160 g/mol. The van der Waals surface area contributed by atoms with Crippen LogP contribution < -0.4 is 0 Å². The lowest BCUT2D eigenvalue weighted by Crippen LogP contribution is -2.02. The van der Waals surface area contributed by atoms with Crippen molar-refractivity contribution in [1.82, 2.24) is 0 Å². The maximum absolute atomic E-state index is 5.06. The van der Waals surface area contributed by atoms with Crippen LogP contribution in [-0.4, -0.2) is 6.10 Å². The third-order valence-electron chi connectivity index (χ3n) is 0.818. The molecule has 50 valence electrons. The van der Waals surface area contributed by atoms with Gasteiger partial charge in [0.15, 0.2) is 0 Å². The van der Waals surface area contributed by atoms with Crippen LogP contribution in [0.4, 0.5) is 0 Å². The molecule has 1 unspecified atom stereocenters. The summed E-state index contributed by atoms with van der Waals surface area (Å²) < 4.78 is 5.06. The quantitative estimate of drug-likeness (QED) is 0.589. The maximum atomic E-state index is 5.06. The van der Waals surface area contributed by atoms with Gasteiger partial charge in [-0.2, -0.15) is 0 Å². The molecule has 0 aromatic heterocycles. The van der Waals surface area contributed by atoms with Gasteiger partial charge in [0.2, 0.25) is 0 Å². The van der Waals surface area contributed by atoms with Crippen LogP contribution >= 0.6 is 0 Å². The second kappa shape index (κ2) is 4.61. The van der Waals surface area contributed by atoms with Crippen LogP contribution in [0, 0.1) is 0 Å². The molecule has 0 spiro atoms. The molecule has 0 bridgehead atoms. The summed E-state index contributed by atoms with van der Waals surface area (Å²) in [6.45, 7) is 4.01. The van der Waals surface area contributed by atoms with Gasteiger partial charge in [-0.15, -0.1) is 0 Å². The van der Waals surface area contributed by atoms with Crippen LogP contribution in [0.1, 0.15) is 20.3 Å². The molecule has 1 atom stereocenters. The summed E-state index contributed by atoms with van der Waals surface area (Å²) in [5, 5.41) is 0. The monoisotopic (exact) mass is 169 g/mol. The third kappa shape index (κ3) is 4.90. The van der Waals surface area contributed by atoms with Gasteiger partial charge < -0.3 is 4.18 Å².